The van der Waals surface area contributed by atoms with Crippen molar-refractivity contribution in [3.8, 4) is 11.1 Å². The lowest BCUT2D eigenvalue weighted by Crippen LogP contribution is -2.48. The molecule has 2 fully saturated rings. The third kappa shape index (κ3) is 13.2. The van der Waals surface area contributed by atoms with E-state index in [9.17, 15) is 32.8 Å². The third-order valence-corrected chi connectivity index (χ3v) is 11.4. The molecule has 2 aliphatic rings. The number of halogens is 2. The van der Waals surface area contributed by atoms with E-state index in [2.05, 4.69) is 31.2 Å². The average molecular weight is 886 g/mol. The Kier molecular flexibility index (Phi) is 15.0. The molecule has 344 valence electrons. The van der Waals surface area contributed by atoms with E-state index in [1.807, 2.05) is 64.1 Å². The fraction of sp³-hybridized carbons (Fsp3) is 0.500. The van der Waals surface area contributed by atoms with Gasteiger partial charge in [-0.25, -0.2) is 23.4 Å². The van der Waals surface area contributed by atoms with Gasteiger partial charge >= 0.3 is 12.2 Å². The van der Waals surface area contributed by atoms with Crippen molar-refractivity contribution in [3.63, 3.8) is 0 Å². The molecule has 2 heterocycles. The average Bonchev–Trinajstić information content (AvgIpc) is 3.66. The number of aromatic amines is 1. The molecule has 1 saturated carbocycles. The number of H-pyrrole nitrogens is 1. The van der Waals surface area contributed by atoms with Crippen molar-refractivity contribution in [3.05, 3.63) is 83.2 Å². The molecule has 14 nitrogen and oxygen atoms in total. The highest BCUT2D eigenvalue weighted by molar-refractivity contribution is 5.99. The van der Waals surface area contributed by atoms with Gasteiger partial charge in [-0.15, -0.1) is 0 Å². The van der Waals surface area contributed by atoms with Crippen LogP contribution in [0.15, 0.2) is 60.7 Å². The Morgan fingerprint density at radius 1 is 0.844 bits per heavy atom. The largest absolute Gasteiger partial charge is 0.444 e. The standard InChI is InChI=1S/C48H61F2N7O7/c1-28-24-33(43(59)52-34-20-22-57(23-21-34)46(62)64-48(5,6)7)16-18-36(28)31-12-8-29(9-13-31)25-39(44(60)53-35-17-19-37-38(26-35)55-41(54-37)40(49)50)56-42(58)32-14-10-30(11-15-32)27-51-45(61)63-47(2,3)4/h8-9,12-13,16-19,24,26,30,32,34,39-40H,10-11,14-15,20-23,25,27H2,1-7H3,(H,51,61)(H,52,59)(H,53,60)(H,54,55)(H,56,58)/t30-,32-,39-/m0/s1. The number of nitrogens with one attached hydrogen (secondary N) is 5. The number of likely N-dealkylation sites (tertiary alicyclic amines) is 1. The number of imidazole rings is 1. The highest BCUT2D eigenvalue weighted by atomic mass is 19.3. The van der Waals surface area contributed by atoms with Gasteiger partial charge in [0, 0.05) is 49.3 Å². The molecule has 6 rings (SSSR count). The van der Waals surface area contributed by atoms with Crippen molar-refractivity contribution >= 4 is 46.6 Å². The fourth-order valence-corrected chi connectivity index (χ4v) is 8.10. The number of fused-ring (bicyclic) bond motifs is 1. The molecule has 5 N–H and O–H groups in total. The predicted octanol–water partition coefficient (Wildman–Crippen LogP) is 8.60. The fourth-order valence-electron chi connectivity index (χ4n) is 8.10. The number of alkyl carbamates (subject to hydrolysis) is 1. The van der Waals surface area contributed by atoms with Gasteiger partial charge in [-0.1, -0.05) is 30.3 Å². The lowest BCUT2D eigenvalue weighted by atomic mass is 9.81. The first-order valence-corrected chi connectivity index (χ1v) is 22.0. The number of hydrogen-bond acceptors (Lipinski definition) is 8. The number of ether oxygens (including phenoxy) is 2. The monoisotopic (exact) mass is 885 g/mol. The first-order chi connectivity index (χ1) is 30.2. The quantitative estimate of drug-likeness (QED) is 0.0937. The number of rotatable bonds is 12. The van der Waals surface area contributed by atoms with E-state index in [0.29, 0.717) is 67.6 Å². The molecular formula is C48H61F2N7O7. The molecule has 1 atom stereocenters. The minimum atomic E-state index is -2.78. The summed E-state index contributed by atoms with van der Waals surface area (Å²) >= 11 is 0. The van der Waals surface area contributed by atoms with Gasteiger partial charge in [0.1, 0.15) is 17.2 Å². The van der Waals surface area contributed by atoms with Crippen molar-refractivity contribution in [2.75, 3.05) is 25.0 Å². The molecule has 0 radical (unpaired) electrons. The highest BCUT2D eigenvalue weighted by Crippen LogP contribution is 2.30. The number of anilines is 1. The molecule has 1 saturated heterocycles. The lowest BCUT2D eigenvalue weighted by molar-refractivity contribution is -0.130. The van der Waals surface area contributed by atoms with Crippen LogP contribution in [0, 0.1) is 18.8 Å². The summed E-state index contributed by atoms with van der Waals surface area (Å²) in [5, 5.41) is 11.8. The zero-order valence-electron chi connectivity index (χ0n) is 37.7. The van der Waals surface area contributed by atoms with Crippen molar-refractivity contribution < 1.29 is 42.2 Å². The van der Waals surface area contributed by atoms with Crippen LogP contribution >= 0.6 is 0 Å². The maximum absolute atomic E-state index is 13.9. The molecule has 0 unspecified atom stereocenters. The van der Waals surface area contributed by atoms with Crippen LogP contribution in [-0.2, 0) is 25.5 Å². The molecule has 1 aliphatic heterocycles. The number of hydrogen-bond donors (Lipinski definition) is 5. The van der Waals surface area contributed by atoms with Gasteiger partial charge < -0.3 is 40.6 Å². The van der Waals surface area contributed by atoms with E-state index < -0.39 is 41.5 Å². The highest BCUT2D eigenvalue weighted by Gasteiger charge is 2.31. The van der Waals surface area contributed by atoms with Gasteiger partial charge in [0.2, 0.25) is 11.8 Å². The van der Waals surface area contributed by atoms with Gasteiger partial charge in [0.25, 0.3) is 12.3 Å². The van der Waals surface area contributed by atoms with E-state index in [1.54, 1.807) is 37.8 Å². The maximum Gasteiger partial charge on any atom is 0.410 e. The van der Waals surface area contributed by atoms with Crippen molar-refractivity contribution in [2.24, 2.45) is 11.8 Å². The Morgan fingerprint density at radius 3 is 2.14 bits per heavy atom. The molecule has 0 spiro atoms. The van der Waals surface area contributed by atoms with Crippen LogP contribution < -0.4 is 21.3 Å². The van der Waals surface area contributed by atoms with Gasteiger partial charge in [0.05, 0.1) is 11.0 Å². The first-order valence-electron chi connectivity index (χ1n) is 22.0. The van der Waals surface area contributed by atoms with Crippen LogP contribution in [-0.4, -0.2) is 87.7 Å². The summed E-state index contributed by atoms with van der Waals surface area (Å²) in [7, 11) is 0. The van der Waals surface area contributed by atoms with E-state index in [4.69, 9.17) is 9.47 Å². The summed E-state index contributed by atoms with van der Waals surface area (Å²) in [6.45, 7) is 14.3. The van der Waals surface area contributed by atoms with Crippen molar-refractivity contribution in [1.29, 1.82) is 0 Å². The van der Waals surface area contributed by atoms with Crippen LogP contribution in [0.1, 0.15) is 114 Å². The Bertz CT molecular complexity index is 2300. The summed E-state index contributed by atoms with van der Waals surface area (Å²) in [5.41, 5.74) is 3.90. The lowest BCUT2D eigenvalue weighted by Gasteiger charge is -2.33. The number of nitrogens with zero attached hydrogens (tertiary/aromatic N) is 2. The Balaban J connectivity index is 1.09. The molecule has 64 heavy (non-hydrogen) atoms. The SMILES string of the molecule is Cc1cc(C(=O)NC2CCN(C(=O)OC(C)(C)C)CC2)ccc1-c1ccc(C[C@H](NC(=O)[C@H]2CC[C@H](CNC(=O)OC(C)(C)C)CC2)C(=O)Nc2ccc3nc(C(F)F)[nH]c3c2)cc1. The molecule has 16 heteroatoms. The first kappa shape index (κ1) is 47.4. The van der Waals surface area contributed by atoms with E-state index >= 15 is 0 Å². The minimum Gasteiger partial charge on any atom is -0.444 e. The second-order valence-corrected chi connectivity index (χ2v) is 19.0. The van der Waals surface area contributed by atoms with Crippen LogP contribution in [0.25, 0.3) is 22.2 Å². The summed E-state index contributed by atoms with van der Waals surface area (Å²) in [4.78, 5) is 73.8. The molecule has 0 bridgehead atoms. The van der Waals surface area contributed by atoms with Gasteiger partial charge in [-0.05, 0) is 145 Å². The summed E-state index contributed by atoms with van der Waals surface area (Å²) in [6, 6.07) is 16.8. The van der Waals surface area contributed by atoms with Gasteiger partial charge in [-0.2, -0.15) is 0 Å². The van der Waals surface area contributed by atoms with Crippen LogP contribution in [0.4, 0.5) is 24.1 Å². The minimum absolute atomic E-state index is 0.0645. The molecule has 4 aromatic rings. The molecule has 1 aliphatic carbocycles. The smallest absolute Gasteiger partial charge is 0.410 e. The maximum atomic E-state index is 13.9. The number of piperidine rings is 1. The van der Waals surface area contributed by atoms with Crippen molar-refractivity contribution in [1.82, 2.24) is 30.8 Å². The van der Waals surface area contributed by atoms with Gasteiger partial charge in [0.15, 0.2) is 5.82 Å². The topological polar surface area (TPSA) is 184 Å². The Labute approximate surface area is 373 Å². The summed E-state index contributed by atoms with van der Waals surface area (Å²) in [5.74, 6) is -1.50. The number of aryl methyl sites for hydroxylation is 1. The molecule has 3 aromatic carbocycles. The summed E-state index contributed by atoms with van der Waals surface area (Å²) < 4.78 is 37.5. The summed E-state index contributed by atoms with van der Waals surface area (Å²) in [6.07, 6.45) is 0.448. The van der Waals surface area contributed by atoms with Crippen LogP contribution in [0.2, 0.25) is 0 Å². The molecular weight excluding hydrogens is 825 g/mol. The van der Waals surface area contributed by atoms with E-state index in [-0.39, 0.29) is 42.2 Å². The van der Waals surface area contributed by atoms with Gasteiger partial charge in [-0.3, -0.25) is 14.4 Å². The number of alkyl halides is 2. The van der Waals surface area contributed by atoms with Crippen molar-refractivity contribution in [2.45, 2.75) is 123 Å². The number of benzene rings is 3. The third-order valence-electron chi connectivity index (χ3n) is 11.4. The molecule has 1 aromatic heterocycles. The predicted molar refractivity (Wildman–Crippen MR) is 240 cm³/mol. The normalized spacial score (nSPS) is 17.7. The number of amides is 5. The van der Waals surface area contributed by atoms with Crippen LogP contribution in [0.5, 0.6) is 0 Å². The van der Waals surface area contributed by atoms with Crippen LogP contribution in [0.3, 0.4) is 0 Å². The number of carbonyl (C=O) groups excluding carboxylic acids is 5. The van der Waals surface area contributed by atoms with E-state index in [1.165, 1.54) is 12.1 Å². The Hall–Kier alpha value is -6.06. The zero-order valence-corrected chi connectivity index (χ0v) is 37.7. The molecule has 5 amide bonds. The van der Waals surface area contributed by atoms with E-state index in [0.717, 1.165) is 35.1 Å². The number of carbonyl (C=O) groups is 5. The second kappa shape index (κ2) is 20.2. The Morgan fingerprint density at radius 2 is 1.52 bits per heavy atom. The number of aromatic nitrogens is 2. The zero-order chi connectivity index (χ0) is 46.3. The second-order valence-electron chi connectivity index (χ2n) is 19.0.